The molecule has 0 spiro atoms. The number of ether oxygens (including phenoxy) is 1. The topological polar surface area (TPSA) is 92.9 Å². The maximum Gasteiger partial charge on any atom is 0.257 e. The first-order valence-electron chi connectivity index (χ1n) is 13.0. The van der Waals surface area contributed by atoms with E-state index in [1.807, 2.05) is 50.0 Å². The van der Waals surface area contributed by atoms with Gasteiger partial charge in [0.15, 0.2) is 0 Å². The number of benzene rings is 1. The van der Waals surface area contributed by atoms with Crippen LogP contribution in [0.25, 0.3) is 23.2 Å². The standard InChI is InChI=1S/C29H36N6O3S/c1-7-30-14-15-34(8-2)28-25(29-31-19-22(5)35(29)21(3)4)18-23(20-32-28)12-16-38-27-11-9-10-26-24(27)13-17-39(36,37)33(26)6/h7,9-11,13,17-20H,3,8,12,14-16H2,1-2,4-6H3. The molecule has 3 aromatic rings. The number of aryl methyl sites for hydroxylation is 1. The lowest BCUT2D eigenvalue weighted by Gasteiger charge is -2.25. The summed E-state index contributed by atoms with van der Waals surface area (Å²) in [4.78, 5) is 16.2. The molecule has 0 saturated heterocycles. The summed E-state index contributed by atoms with van der Waals surface area (Å²) < 4.78 is 33.9. The number of aliphatic imine (C=N–C) groups is 1. The van der Waals surface area contributed by atoms with E-state index in [0.29, 0.717) is 31.0 Å². The van der Waals surface area contributed by atoms with Gasteiger partial charge in [0, 0.05) is 55.9 Å². The van der Waals surface area contributed by atoms with Crippen LogP contribution in [0.4, 0.5) is 11.5 Å². The Morgan fingerprint density at radius 2 is 2.05 bits per heavy atom. The molecule has 39 heavy (non-hydrogen) atoms. The summed E-state index contributed by atoms with van der Waals surface area (Å²) in [7, 11) is -1.91. The zero-order chi connectivity index (χ0) is 28.2. The van der Waals surface area contributed by atoms with Crippen molar-refractivity contribution in [2.75, 3.05) is 42.5 Å². The number of likely N-dealkylation sites (N-methyl/N-ethyl adjacent to an activating group) is 1. The van der Waals surface area contributed by atoms with Crippen LogP contribution in [0.1, 0.15) is 37.6 Å². The summed E-state index contributed by atoms with van der Waals surface area (Å²) in [5, 5.41) is 1.20. The van der Waals surface area contributed by atoms with Crippen LogP contribution in [0.3, 0.4) is 0 Å². The number of allylic oxidation sites excluding steroid dienone is 1. The fourth-order valence-electron chi connectivity index (χ4n) is 4.65. The number of anilines is 2. The molecule has 0 amide bonds. The molecule has 0 bridgehead atoms. The maximum atomic E-state index is 12.2. The molecule has 0 atom stereocenters. The molecule has 206 valence electrons. The Morgan fingerprint density at radius 1 is 1.26 bits per heavy atom. The van der Waals surface area contributed by atoms with E-state index < -0.39 is 10.0 Å². The van der Waals surface area contributed by atoms with Crippen molar-refractivity contribution in [1.29, 1.82) is 0 Å². The monoisotopic (exact) mass is 548 g/mol. The molecule has 0 N–H and O–H groups in total. The predicted molar refractivity (Wildman–Crippen MR) is 160 cm³/mol. The first kappa shape index (κ1) is 28.1. The Morgan fingerprint density at radius 3 is 2.77 bits per heavy atom. The molecule has 1 aliphatic heterocycles. The molecule has 4 rings (SSSR count). The van der Waals surface area contributed by atoms with Crippen LogP contribution in [0.2, 0.25) is 0 Å². The summed E-state index contributed by atoms with van der Waals surface area (Å²) in [5.74, 6) is 2.29. The van der Waals surface area contributed by atoms with Gasteiger partial charge in [0.2, 0.25) is 0 Å². The number of aromatic nitrogens is 3. The second kappa shape index (κ2) is 11.9. The van der Waals surface area contributed by atoms with Crippen molar-refractivity contribution in [3.05, 3.63) is 65.5 Å². The van der Waals surface area contributed by atoms with Crippen LogP contribution in [-0.2, 0) is 16.4 Å². The summed E-state index contributed by atoms with van der Waals surface area (Å²) in [5.41, 5.74) is 5.16. The van der Waals surface area contributed by atoms with Crippen LogP contribution in [0, 0.1) is 6.92 Å². The van der Waals surface area contributed by atoms with Crippen LogP contribution in [-0.4, -0.2) is 62.5 Å². The molecular formula is C29H36N6O3S. The molecule has 0 aliphatic carbocycles. The summed E-state index contributed by atoms with van der Waals surface area (Å²) in [6.07, 6.45) is 7.76. The number of hydrogen-bond acceptors (Lipinski definition) is 7. The van der Waals surface area contributed by atoms with Gasteiger partial charge in [-0.15, -0.1) is 0 Å². The van der Waals surface area contributed by atoms with Gasteiger partial charge in [-0.25, -0.2) is 18.4 Å². The SMILES string of the molecule is C=C(C)n1c(C)cnc1-c1cc(CCOc2cccc3c2C=CS(=O)(=O)N3C)cnc1N(CC)CCN=CC. The van der Waals surface area contributed by atoms with Gasteiger partial charge in [-0.3, -0.25) is 9.30 Å². The predicted octanol–water partition coefficient (Wildman–Crippen LogP) is 5.03. The Balaban J connectivity index is 1.62. The number of pyridine rings is 1. The van der Waals surface area contributed by atoms with Gasteiger partial charge < -0.3 is 14.2 Å². The van der Waals surface area contributed by atoms with Crippen molar-refractivity contribution < 1.29 is 13.2 Å². The molecule has 2 aromatic heterocycles. The van der Waals surface area contributed by atoms with Crippen LogP contribution in [0.5, 0.6) is 5.75 Å². The first-order chi connectivity index (χ1) is 18.7. The second-order valence-electron chi connectivity index (χ2n) is 9.36. The quantitative estimate of drug-likeness (QED) is 0.312. The highest BCUT2D eigenvalue weighted by Crippen LogP contribution is 2.36. The lowest BCUT2D eigenvalue weighted by Crippen LogP contribution is -2.27. The lowest BCUT2D eigenvalue weighted by atomic mass is 10.1. The Labute approximate surface area is 231 Å². The van der Waals surface area contributed by atoms with Crippen molar-refractivity contribution in [2.45, 2.75) is 34.1 Å². The van der Waals surface area contributed by atoms with E-state index in [1.54, 1.807) is 25.3 Å². The van der Waals surface area contributed by atoms with Gasteiger partial charge in [-0.05, 0) is 63.7 Å². The summed E-state index contributed by atoms with van der Waals surface area (Å²) in [6.45, 7) is 14.8. The van der Waals surface area contributed by atoms with E-state index in [2.05, 4.69) is 29.5 Å². The van der Waals surface area contributed by atoms with Crippen molar-refractivity contribution in [1.82, 2.24) is 14.5 Å². The number of nitrogens with zero attached hydrogens (tertiary/aromatic N) is 6. The van der Waals surface area contributed by atoms with Crippen molar-refractivity contribution in [3.8, 4) is 17.1 Å². The van der Waals surface area contributed by atoms with Crippen molar-refractivity contribution >= 4 is 39.5 Å². The first-order valence-corrected chi connectivity index (χ1v) is 14.5. The van der Waals surface area contributed by atoms with Crippen LogP contribution < -0.4 is 13.9 Å². The van der Waals surface area contributed by atoms with E-state index in [1.165, 1.54) is 9.71 Å². The minimum atomic E-state index is -3.45. The summed E-state index contributed by atoms with van der Waals surface area (Å²) >= 11 is 0. The maximum absolute atomic E-state index is 12.2. The molecule has 10 heteroatoms. The molecule has 0 fully saturated rings. The fraction of sp³-hybridized carbons (Fsp3) is 0.345. The summed E-state index contributed by atoms with van der Waals surface area (Å²) in [6, 6.07) is 7.55. The van der Waals surface area contributed by atoms with Crippen molar-refractivity contribution in [2.24, 2.45) is 4.99 Å². The van der Waals surface area contributed by atoms with E-state index in [9.17, 15) is 8.42 Å². The highest BCUT2D eigenvalue weighted by atomic mass is 32.2. The third-order valence-corrected chi connectivity index (χ3v) is 8.11. The zero-order valence-corrected chi connectivity index (χ0v) is 24.1. The average molecular weight is 549 g/mol. The second-order valence-corrected chi connectivity index (χ2v) is 11.2. The molecule has 0 saturated carbocycles. The molecule has 3 heterocycles. The van der Waals surface area contributed by atoms with Crippen molar-refractivity contribution in [3.63, 3.8) is 0 Å². The van der Waals surface area contributed by atoms with Crippen LogP contribution >= 0.6 is 0 Å². The number of fused-ring (bicyclic) bond motifs is 1. The number of rotatable bonds is 11. The highest BCUT2D eigenvalue weighted by Gasteiger charge is 2.24. The molecule has 1 aliphatic rings. The third kappa shape index (κ3) is 5.90. The Kier molecular flexibility index (Phi) is 8.54. The largest absolute Gasteiger partial charge is 0.493 e. The van der Waals surface area contributed by atoms with Gasteiger partial charge in [0.1, 0.15) is 17.4 Å². The highest BCUT2D eigenvalue weighted by molar-refractivity contribution is 7.95. The third-order valence-electron chi connectivity index (χ3n) is 6.67. The van der Waals surface area contributed by atoms with E-state index >= 15 is 0 Å². The molecule has 9 nitrogen and oxygen atoms in total. The minimum Gasteiger partial charge on any atom is -0.493 e. The molecule has 0 unspecified atom stereocenters. The fourth-order valence-corrected chi connectivity index (χ4v) is 5.57. The van der Waals surface area contributed by atoms with Gasteiger partial charge in [0.05, 0.1) is 29.8 Å². The van der Waals surface area contributed by atoms with Gasteiger partial charge in [-0.2, -0.15) is 0 Å². The minimum absolute atomic E-state index is 0.401. The Hall–Kier alpha value is -3.92. The molecule has 1 aromatic carbocycles. The molecule has 0 radical (unpaired) electrons. The smallest absolute Gasteiger partial charge is 0.257 e. The van der Waals surface area contributed by atoms with Crippen LogP contribution in [0.15, 0.2) is 53.6 Å². The number of hydrogen-bond donors (Lipinski definition) is 0. The van der Waals surface area contributed by atoms with E-state index in [4.69, 9.17) is 14.7 Å². The van der Waals surface area contributed by atoms with Gasteiger partial charge in [-0.1, -0.05) is 12.6 Å². The van der Waals surface area contributed by atoms with Gasteiger partial charge in [0.25, 0.3) is 10.0 Å². The van der Waals surface area contributed by atoms with E-state index in [-0.39, 0.29) is 0 Å². The normalized spacial score (nSPS) is 14.0. The number of imidazole rings is 1. The van der Waals surface area contributed by atoms with Gasteiger partial charge >= 0.3 is 0 Å². The average Bonchev–Trinajstić information content (AvgIpc) is 3.31. The number of sulfonamides is 1. The zero-order valence-electron chi connectivity index (χ0n) is 23.3. The lowest BCUT2D eigenvalue weighted by molar-refractivity contribution is 0.321. The van der Waals surface area contributed by atoms with E-state index in [0.717, 1.165) is 52.8 Å². The molecular weight excluding hydrogens is 512 g/mol. The Bertz CT molecular complexity index is 1520.